The molecule has 1 fully saturated rings. The van der Waals surface area contributed by atoms with Crippen molar-refractivity contribution in [2.75, 3.05) is 4.90 Å². The summed E-state index contributed by atoms with van der Waals surface area (Å²) < 4.78 is 18.7. The predicted octanol–water partition coefficient (Wildman–Crippen LogP) is 4.24. The van der Waals surface area contributed by atoms with Gasteiger partial charge >= 0.3 is 0 Å². The Labute approximate surface area is 183 Å². The summed E-state index contributed by atoms with van der Waals surface area (Å²) in [6.07, 6.45) is 1.51. The highest BCUT2D eigenvalue weighted by atomic mass is 32.1. The number of rotatable bonds is 5. The topological polar surface area (TPSA) is 58.6 Å². The molecule has 1 saturated heterocycles. The third kappa shape index (κ3) is 4.67. The van der Waals surface area contributed by atoms with Crippen molar-refractivity contribution in [2.24, 2.45) is 0 Å². The highest BCUT2D eigenvalue weighted by molar-refractivity contribution is 7.80. The van der Waals surface area contributed by atoms with Gasteiger partial charge in [0.25, 0.3) is 11.8 Å². The van der Waals surface area contributed by atoms with Gasteiger partial charge in [0.15, 0.2) is 5.11 Å². The van der Waals surface area contributed by atoms with Gasteiger partial charge in [0, 0.05) is 0 Å². The molecule has 0 saturated carbocycles. The van der Waals surface area contributed by atoms with Crippen LogP contribution in [0.25, 0.3) is 6.08 Å². The third-order valence-corrected chi connectivity index (χ3v) is 4.91. The zero-order valence-electron chi connectivity index (χ0n) is 16.2. The molecular weight excluding hydrogens is 415 g/mol. The molecule has 1 aliphatic heterocycles. The molecule has 0 spiro atoms. The molecular formula is C24H17FN2O3S. The van der Waals surface area contributed by atoms with Gasteiger partial charge < -0.3 is 4.74 Å². The molecule has 154 valence electrons. The summed E-state index contributed by atoms with van der Waals surface area (Å²) in [5.74, 6) is -0.720. The molecule has 1 heterocycles. The SMILES string of the molecule is O=C1NC(=S)N(c2ccccc2)C(=O)/C1=C\c1ccc(OCc2ccc(F)cc2)cc1. The first kappa shape index (κ1) is 20.4. The molecule has 0 unspecified atom stereocenters. The van der Waals surface area contributed by atoms with Crippen LogP contribution < -0.4 is 15.0 Å². The van der Waals surface area contributed by atoms with E-state index in [1.54, 1.807) is 60.7 Å². The Morgan fingerprint density at radius 2 is 1.61 bits per heavy atom. The second-order valence-corrected chi connectivity index (χ2v) is 7.16. The Morgan fingerprint density at radius 3 is 2.29 bits per heavy atom. The lowest BCUT2D eigenvalue weighted by atomic mass is 10.1. The van der Waals surface area contributed by atoms with Gasteiger partial charge in [-0.25, -0.2) is 4.39 Å². The maximum absolute atomic E-state index is 13.0. The standard InChI is InChI=1S/C24H17FN2O3S/c25-18-10-6-17(7-11-18)15-30-20-12-8-16(9-13-20)14-21-22(28)26-24(31)27(23(21)29)19-4-2-1-3-5-19/h1-14H,15H2,(H,26,28,31)/b21-14-. The van der Waals surface area contributed by atoms with Gasteiger partial charge in [-0.15, -0.1) is 0 Å². The van der Waals surface area contributed by atoms with Crippen molar-refractivity contribution >= 4 is 40.9 Å². The van der Waals surface area contributed by atoms with E-state index in [4.69, 9.17) is 17.0 Å². The van der Waals surface area contributed by atoms with Crippen LogP contribution in [0.2, 0.25) is 0 Å². The normalized spacial score (nSPS) is 15.2. The molecule has 2 amide bonds. The number of halogens is 1. The number of benzene rings is 3. The van der Waals surface area contributed by atoms with E-state index in [2.05, 4.69) is 5.32 Å². The van der Waals surface area contributed by atoms with Gasteiger partial charge in [-0.05, 0) is 65.8 Å². The van der Waals surface area contributed by atoms with E-state index in [1.807, 2.05) is 6.07 Å². The van der Waals surface area contributed by atoms with Crippen LogP contribution in [0.1, 0.15) is 11.1 Å². The number of amides is 2. The van der Waals surface area contributed by atoms with Crippen LogP contribution in [-0.4, -0.2) is 16.9 Å². The average Bonchev–Trinajstić information content (AvgIpc) is 2.78. The minimum absolute atomic E-state index is 0.0163. The highest BCUT2D eigenvalue weighted by Crippen LogP contribution is 2.22. The van der Waals surface area contributed by atoms with E-state index in [9.17, 15) is 14.0 Å². The van der Waals surface area contributed by atoms with Crippen LogP contribution in [0.3, 0.4) is 0 Å². The van der Waals surface area contributed by atoms with Crippen LogP contribution in [-0.2, 0) is 16.2 Å². The summed E-state index contributed by atoms with van der Waals surface area (Å²) >= 11 is 5.18. The smallest absolute Gasteiger partial charge is 0.270 e. The Bertz CT molecular complexity index is 1160. The zero-order valence-corrected chi connectivity index (χ0v) is 17.1. The lowest BCUT2D eigenvalue weighted by Gasteiger charge is -2.28. The first-order valence-electron chi connectivity index (χ1n) is 9.45. The van der Waals surface area contributed by atoms with Gasteiger partial charge in [-0.3, -0.25) is 19.8 Å². The fourth-order valence-electron chi connectivity index (χ4n) is 3.04. The lowest BCUT2D eigenvalue weighted by molar-refractivity contribution is -0.122. The molecule has 7 heteroatoms. The summed E-state index contributed by atoms with van der Waals surface area (Å²) in [6, 6.07) is 21.9. The predicted molar refractivity (Wildman–Crippen MR) is 120 cm³/mol. The van der Waals surface area contributed by atoms with Crippen LogP contribution in [0.4, 0.5) is 10.1 Å². The van der Waals surface area contributed by atoms with E-state index in [0.29, 0.717) is 23.6 Å². The second kappa shape index (κ2) is 8.89. The molecule has 3 aromatic rings. The van der Waals surface area contributed by atoms with Crippen molar-refractivity contribution in [3.63, 3.8) is 0 Å². The molecule has 3 aromatic carbocycles. The Morgan fingerprint density at radius 1 is 0.935 bits per heavy atom. The Balaban J connectivity index is 1.50. The van der Waals surface area contributed by atoms with Crippen LogP contribution in [0.15, 0.2) is 84.4 Å². The number of anilines is 1. The maximum atomic E-state index is 13.0. The monoisotopic (exact) mass is 432 g/mol. The molecule has 31 heavy (non-hydrogen) atoms. The molecule has 0 radical (unpaired) electrons. The third-order valence-electron chi connectivity index (χ3n) is 4.63. The number of ether oxygens (including phenoxy) is 1. The number of nitrogens with zero attached hydrogens (tertiary/aromatic N) is 1. The molecule has 0 aliphatic carbocycles. The first-order valence-corrected chi connectivity index (χ1v) is 9.86. The molecule has 1 aliphatic rings. The van der Waals surface area contributed by atoms with Crippen molar-refractivity contribution in [1.29, 1.82) is 0 Å². The summed E-state index contributed by atoms with van der Waals surface area (Å²) in [7, 11) is 0. The number of carbonyl (C=O) groups is 2. The molecule has 1 N–H and O–H groups in total. The van der Waals surface area contributed by atoms with Gasteiger partial charge in [-0.1, -0.05) is 42.5 Å². The van der Waals surface area contributed by atoms with Crippen molar-refractivity contribution < 1.29 is 18.7 Å². The van der Waals surface area contributed by atoms with E-state index < -0.39 is 11.8 Å². The number of para-hydroxylation sites is 1. The molecule has 0 atom stereocenters. The Kier molecular flexibility index (Phi) is 5.86. The lowest BCUT2D eigenvalue weighted by Crippen LogP contribution is -2.54. The second-order valence-electron chi connectivity index (χ2n) is 6.78. The Hall–Kier alpha value is -3.84. The van der Waals surface area contributed by atoms with Gasteiger partial charge in [0.2, 0.25) is 0 Å². The molecule has 0 bridgehead atoms. The number of thiocarbonyl (C=S) groups is 1. The summed E-state index contributed by atoms with van der Waals surface area (Å²) in [4.78, 5) is 26.6. The van der Waals surface area contributed by atoms with Gasteiger partial charge in [0.05, 0.1) is 5.69 Å². The molecule has 4 rings (SSSR count). The fraction of sp³-hybridized carbons (Fsp3) is 0.0417. The van der Waals surface area contributed by atoms with Gasteiger partial charge in [0.1, 0.15) is 23.7 Å². The quantitative estimate of drug-likeness (QED) is 0.372. The minimum atomic E-state index is -0.543. The van der Waals surface area contributed by atoms with Crippen molar-refractivity contribution in [3.05, 3.63) is 101 Å². The summed E-state index contributed by atoms with van der Waals surface area (Å²) in [5.41, 5.74) is 2.06. The molecule has 5 nitrogen and oxygen atoms in total. The molecule has 0 aromatic heterocycles. The van der Waals surface area contributed by atoms with E-state index in [1.165, 1.54) is 23.1 Å². The van der Waals surface area contributed by atoms with Crippen molar-refractivity contribution in [1.82, 2.24) is 5.32 Å². The van der Waals surface area contributed by atoms with E-state index >= 15 is 0 Å². The van der Waals surface area contributed by atoms with Crippen LogP contribution in [0, 0.1) is 5.82 Å². The van der Waals surface area contributed by atoms with Crippen molar-refractivity contribution in [3.8, 4) is 5.75 Å². The van der Waals surface area contributed by atoms with Crippen LogP contribution >= 0.6 is 12.2 Å². The summed E-state index contributed by atoms with van der Waals surface area (Å²) in [5, 5.41) is 2.60. The average molecular weight is 432 g/mol. The van der Waals surface area contributed by atoms with Crippen LogP contribution in [0.5, 0.6) is 5.75 Å². The van der Waals surface area contributed by atoms with Gasteiger partial charge in [-0.2, -0.15) is 0 Å². The first-order chi connectivity index (χ1) is 15.0. The van der Waals surface area contributed by atoms with Crippen molar-refractivity contribution in [2.45, 2.75) is 6.61 Å². The number of hydrogen-bond donors (Lipinski definition) is 1. The maximum Gasteiger partial charge on any atom is 0.270 e. The largest absolute Gasteiger partial charge is 0.489 e. The number of hydrogen-bond acceptors (Lipinski definition) is 4. The number of carbonyl (C=O) groups excluding carboxylic acids is 2. The number of nitrogens with one attached hydrogen (secondary N) is 1. The zero-order chi connectivity index (χ0) is 21.8. The minimum Gasteiger partial charge on any atom is -0.489 e. The van der Waals surface area contributed by atoms with E-state index in [0.717, 1.165) is 5.56 Å². The fourth-order valence-corrected chi connectivity index (χ4v) is 3.32. The van der Waals surface area contributed by atoms with E-state index in [-0.39, 0.29) is 16.5 Å². The summed E-state index contributed by atoms with van der Waals surface area (Å²) in [6.45, 7) is 0.297. The highest BCUT2D eigenvalue weighted by Gasteiger charge is 2.34.